The van der Waals surface area contributed by atoms with Crippen molar-refractivity contribution in [2.75, 3.05) is 6.54 Å². The average molecular weight is 278 g/mol. The number of carbonyl (C=O) groups is 1. The first-order valence-corrected chi connectivity index (χ1v) is 7.32. The minimum atomic E-state index is 0.0838. The van der Waals surface area contributed by atoms with E-state index in [4.69, 9.17) is 5.73 Å². The number of nitrogens with one attached hydrogen (secondary N) is 1. The highest BCUT2D eigenvalue weighted by molar-refractivity contribution is 5.76. The van der Waals surface area contributed by atoms with Crippen LogP contribution in [0.4, 0.5) is 0 Å². The predicted octanol–water partition coefficient (Wildman–Crippen LogP) is 2.20. The Hall–Kier alpha value is -1.55. The van der Waals surface area contributed by atoms with Crippen molar-refractivity contribution < 1.29 is 9.90 Å². The molecular weight excluding hydrogens is 252 g/mol. The van der Waals surface area contributed by atoms with Gasteiger partial charge in [-0.2, -0.15) is 0 Å². The topological polar surface area (TPSA) is 75.4 Å². The summed E-state index contributed by atoms with van der Waals surface area (Å²) in [7, 11) is 0. The second-order valence-corrected chi connectivity index (χ2v) is 5.39. The van der Waals surface area contributed by atoms with Crippen molar-refractivity contribution in [3.63, 3.8) is 0 Å². The average Bonchev–Trinajstić information content (AvgIpc) is 2.44. The molecule has 0 aliphatic rings. The quantitative estimate of drug-likeness (QED) is 0.682. The third-order valence-electron chi connectivity index (χ3n) is 3.59. The number of aromatic hydroxyl groups is 1. The van der Waals surface area contributed by atoms with Gasteiger partial charge in [-0.05, 0) is 49.9 Å². The first-order chi connectivity index (χ1) is 9.55. The lowest BCUT2D eigenvalue weighted by molar-refractivity contribution is -0.122. The van der Waals surface area contributed by atoms with Gasteiger partial charge in [-0.3, -0.25) is 4.79 Å². The molecule has 0 aliphatic heterocycles. The van der Waals surface area contributed by atoms with Crippen molar-refractivity contribution in [2.24, 2.45) is 11.7 Å². The van der Waals surface area contributed by atoms with Crippen LogP contribution in [-0.4, -0.2) is 23.6 Å². The van der Waals surface area contributed by atoms with Gasteiger partial charge in [0.25, 0.3) is 0 Å². The maximum atomic E-state index is 11.8. The van der Waals surface area contributed by atoms with E-state index in [2.05, 4.69) is 12.2 Å². The molecular formula is C16H26N2O2. The Morgan fingerprint density at radius 2 is 2.00 bits per heavy atom. The summed E-state index contributed by atoms with van der Waals surface area (Å²) < 4.78 is 0. The first-order valence-electron chi connectivity index (χ1n) is 7.32. The normalized spacial score (nSPS) is 13.8. The van der Waals surface area contributed by atoms with Gasteiger partial charge in [0, 0.05) is 12.5 Å². The summed E-state index contributed by atoms with van der Waals surface area (Å²) in [6, 6.07) is 7.33. The van der Waals surface area contributed by atoms with E-state index in [1.54, 1.807) is 12.1 Å². The van der Waals surface area contributed by atoms with E-state index in [9.17, 15) is 9.90 Å². The lowest BCUT2D eigenvalue weighted by atomic mass is 10.0. The van der Waals surface area contributed by atoms with Gasteiger partial charge in [0.1, 0.15) is 5.75 Å². The van der Waals surface area contributed by atoms with Crippen LogP contribution in [0.5, 0.6) is 5.75 Å². The Morgan fingerprint density at radius 3 is 2.55 bits per heavy atom. The lowest BCUT2D eigenvalue weighted by Gasteiger charge is -2.16. The van der Waals surface area contributed by atoms with Crippen LogP contribution in [-0.2, 0) is 11.2 Å². The third kappa shape index (κ3) is 6.06. The van der Waals surface area contributed by atoms with E-state index in [-0.39, 0.29) is 23.6 Å². The van der Waals surface area contributed by atoms with Crippen molar-refractivity contribution in [1.29, 1.82) is 0 Å². The van der Waals surface area contributed by atoms with Crippen molar-refractivity contribution >= 4 is 5.91 Å². The molecule has 2 unspecified atom stereocenters. The molecule has 112 valence electrons. The van der Waals surface area contributed by atoms with Gasteiger partial charge >= 0.3 is 0 Å². The van der Waals surface area contributed by atoms with Crippen molar-refractivity contribution in [2.45, 2.75) is 45.6 Å². The monoisotopic (exact) mass is 278 g/mol. The van der Waals surface area contributed by atoms with Crippen molar-refractivity contribution in [3.05, 3.63) is 29.8 Å². The van der Waals surface area contributed by atoms with E-state index in [0.29, 0.717) is 13.0 Å². The van der Waals surface area contributed by atoms with E-state index in [1.165, 1.54) is 0 Å². The minimum absolute atomic E-state index is 0.0838. The maximum Gasteiger partial charge on any atom is 0.220 e. The van der Waals surface area contributed by atoms with E-state index < -0.39 is 0 Å². The number of benzene rings is 1. The van der Waals surface area contributed by atoms with Crippen LogP contribution in [0.15, 0.2) is 24.3 Å². The van der Waals surface area contributed by atoms with Gasteiger partial charge in [-0.25, -0.2) is 0 Å². The number of amides is 1. The van der Waals surface area contributed by atoms with Gasteiger partial charge in [0.05, 0.1) is 0 Å². The Labute approximate surface area is 121 Å². The molecule has 1 amide bonds. The lowest BCUT2D eigenvalue weighted by Crippen LogP contribution is -2.35. The smallest absolute Gasteiger partial charge is 0.220 e. The number of nitrogens with two attached hydrogens (primary N) is 1. The molecule has 0 bridgehead atoms. The molecule has 0 aliphatic carbocycles. The third-order valence-corrected chi connectivity index (χ3v) is 3.59. The van der Waals surface area contributed by atoms with Gasteiger partial charge in [-0.15, -0.1) is 0 Å². The van der Waals surface area contributed by atoms with Gasteiger partial charge in [0.2, 0.25) is 5.91 Å². The van der Waals surface area contributed by atoms with Gasteiger partial charge in [0.15, 0.2) is 0 Å². The van der Waals surface area contributed by atoms with Crippen LogP contribution < -0.4 is 11.1 Å². The molecule has 1 rings (SSSR count). The summed E-state index contributed by atoms with van der Waals surface area (Å²) in [6.07, 6.45) is 3.22. The molecule has 4 N–H and O–H groups in total. The van der Waals surface area contributed by atoms with Crippen LogP contribution in [0, 0.1) is 5.92 Å². The molecule has 0 saturated carbocycles. The number of hydrogen-bond donors (Lipinski definition) is 3. The molecule has 0 radical (unpaired) electrons. The highest BCUT2D eigenvalue weighted by Gasteiger charge is 2.12. The molecule has 0 aromatic heterocycles. The molecule has 1 aromatic rings. The predicted molar refractivity (Wildman–Crippen MR) is 81.5 cm³/mol. The summed E-state index contributed by atoms with van der Waals surface area (Å²) in [6.45, 7) is 4.63. The highest BCUT2D eigenvalue weighted by Crippen LogP contribution is 2.12. The fourth-order valence-electron chi connectivity index (χ4n) is 2.11. The SMILES string of the molecule is CCC(CN)CC(=O)NC(C)CCc1ccc(O)cc1. The first kappa shape index (κ1) is 16.5. The molecule has 1 aromatic carbocycles. The zero-order chi connectivity index (χ0) is 15.0. The van der Waals surface area contributed by atoms with Gasteiger partial charge < -0.3 is 16.2 Å². The van der Waals surface area contributed by atoms with E-state index in [0.717, 1.165) is 24.8 Å². The summed E-state index contributed by atoms with van der Waals surface area (Å²) in [5.41, 5.74) is 6.77. The highest BCUT2D eigenvalue weighted by atomic mass is 16.3. The summed E-state index contributed by atoms with van der Waals surface area (Å²) in [5.74, 6) is 0.641. The molecule has 0 heterocycles. The van der Waals surface area contributed by atoms with Crippen LogP contribution in [0.25, 0.3) is 0 Å². The maximum absolute atomic E-state index is 11.8. The molecule has 0 fully saturated rings. The molecule has 4 nitrogen and oxygen atoms in total. The van der Waals surface area contributed by atoms with E-state index >= 15 is 0 Å². The molecule has 20 heavy (non-hydrogen) atoms. The molecule has 2 atom stereocenters. The van der Waals surface area contributed by atoms with Crippen LogP contribution in [0.3, 0.4) is 0 Å². The Balaban J connectivity index is 2.30. The van der Waals surface area contributed by atoms with Crippen LogP contribution >= 0.6 is 0 Å². The number of carbonyl (C=O) groups excluding carboxylic acids is 1. The number of rotatable bonds is 8. The standard InChI is InChI=1S/C16H26N2O2/c1-3-13(11-17)10-16(20)18-12(2)4-5-14-6-8-15(19)9-7-14/h6-9,12-13,19H,3-5,10-11,17H2,1-2H3,(H,18,20). The summed E-state index contributed by atoms with van der Waals surface area (Å²) in [5, 5.41) is 12.2. The van der Waals surface area contributed by atoms with E-state index in [1.807, 2.05) is 19.1 Å². The summed E-state index contributed by atoms with van der Waals surface area (Å²) >= 11 is 0. The zero-order valence-electron chi connectivity index (χ0n) is 12.4. The summed E-state index contributed by atoms with van der Waals surface area (Å²) in [4.78, 5) is 11.8. The Bertz CT molecular complexity index is 399. The number of aryl methyl sites for hydroxylation is 1. The molecule has 0 saturated heterocycles. The number of phenolic OH excluding ortho intramolecular Hbond substituents is 1. The van der Waals surface area contributed by atoms with Crippen molar-refractivity contribution in [1.82, 2.24) is 5.32 Å². The minimum Gasteiger partial charge on any atom is -0.508 e. The second kappa shape index (κ2) is 8.59. The van der Waals surface area contributed by atoms with Gasteiger partial charge in [-0.1, -0.05) is 25.5 Å². The number of hydrogen-bond acceptors (Lipinski definition) is 3. The zero-order valence-corrected chi connectivity index (χ0v) is 12.4. The largest absolute Gasteiger partial charge is 0.508 e. The van der Waals surface area contributed by atoms with Crippen LogP contribution in [0.1, 0.15) is 38.7 Å². The Morgan fingerprint density at radius 1 is 1.35 bits per heavy atom. The number of phenols is 1. The Kier molecular flexibility index (Phi) is 7.09. The fraction of sp³-hybridized carbons (Fsp3) is 0.562. The van der Waals surface area contributed by atoms with Crippen LogP contribution in [0.2, 0.25) is 0 Å². The second-order valence-electron chi connectivity index (χ2n) is 5.39. The molecule has 0 spiro atoms. The van der Waals surface area contributed by atoms with Crippen molar-refractivity contribution in [3.8, 4) is 5.75 Å². The molecule has 4 heteroatoms. The fourth-order valence-corrected chi connectivity index (χ4v) is 2.11.